The van der Waals surface area contributed by atoms with E-state index in [1.165, 1.54) is 7.11 Å². The van der Waals surface area contributed by atoms with Gasteiger partial charge in [-0.3, -0.25) is 25.8 Å². The molecule has 30 heavy (non-hydrogen) atoms. The molecule has 0 radical (unpaired) electrons. The number of amides is 2. The molecule has 0 bridgehead atoms. The summed E-state index contributed by atoms with van der Waals surface area (Å²) in [6, 6.07) is 11.8. The number of hydrazine groups is 1. The molecule has 0 atom stereocenters. The Morgan fingerprint density at radius 1 is 1.07 bits per heavy atom. The van der Waals surface area contributed by atoms with E-state index < -0.39 is 11.8 Å². The Bertz CT molecular complexity index is 921. The standard InChI is InChI=1S/C21H24BrN3O4S/c1-13(2)10-11-29-18-9-8-14(12-16(18)22)19(26)23-21(30)25-24-20(27)15-6-4-5-7-17(15)28-3/h4-9,12-13H,10-11H2,1-3H3,(H,24,27)(H2,23,25,26,30). The van der Waals surface area contributed by atoms with Crippen molar-refractivity contribution in [1.29, 1.82) is 0 Å². The Labute approximate surface area is 189 Å². The van der Waals surface area contributed by atoms with Crippen molar-refractivity contribution in [2.75, 3.05) is 13.7 Å². The van der Waals surface area contributed by atoms with Gasteiger partial charge in [-0.1, -0.05) is 26.0 Å². The van der Waals surface area contributed by atoms with Gasteiger partial charge in [0.15, 0.2) is 5.11 Å². The molecule has 0 fully saturated rings. The number of thiocarbonyl (C=S) groups is 1. The molecule has 2 aromatic carbocycles. The van der Waals surface area contributed by atoms with Crippen LogP contribution in [-0.2, 0) is 0 Å². The van der Waals surface area contributed by atoms with E-state index in [-0.39, 0.29) is 5.11 Å². The molecule has 0 saturated carbocycles. The number of ether oxygens (including phenoxy) is 2. The highest BCUT2D eigenvalue weighted by molar-refractivity contribution is 9.10. The minimum Gasteiger partial charge on any atom is -0.496 e. The molecule has 0 saturated heterocycles. The summed E-state index contributed by atoms with van der Waals surface area (Å²) in [6.45, 7) is 4.85. The van der Waals surface area contributed by atoms with Gasteiger partial charge in [-0.25, -0.2) is 0 Å². The first-order valence-electron chi connectivity index (χ1n) is 9.28. The molecule has 3 N–H and O–H groups in total. The van der Waals surface area contributed by atoms with Crippen LogP contribution < -0.4 is 25.6 Å². The van der Waals surface area contributed by atoms with Crippen molar-refractivity contribution in [1.82, 2.24) is 16.2 Å². The lowest BCUT2D eigenvalue weighted by atomic mass is 10.1. The summed E-state index contributed by atoms with van der Waals surface area (Å²) in [4.78, 5) is 24.7. The number of nitrogens with one attached hydrogen (secondary N) is 3. The van der Waals surface area contributed by atoms with E-state index in [0.29, 0.717) is 39.6 Å². The van der Waals surface area contributed by atoms with Crippen LogP contribution in [0.1, 0.15) is 41.0 Å². The SMILES string of the molecule is COc1ccccc1C(=O)NNC(=S)NC(=O)c1ccc(OCCC(C)C)c(Br)c1. The van der Waals surface area contributed by atoms with Crippen LogP contribution in [0.3, 0.4) is 0 Å². The number of rotatable bonds is 7. The third-order valence-corrected chi connectivity index (χ3v) is 4.84. The van der Waals surface area contributed by atoms with Crippen molar-refractivity contribution >= 4 is 45.1 Å². The van der Waals surface area contributed by atoms with Crippen LogP contribution in [-0.4, -0.2) is 30.6 Å². The topological polar surface area (TPSA) is 88.7 Å². The van der Waals surface area contributed by atoms with Gasteiger partial charge in [0.25, 0.3) is 11.8 Å². The number of carbonyl (C=O) groups is 2. The highest BCUT2D eigenvalue weighted by Gasteiger charge is 2.14. The van der Waals surface area contributed by atoms with Crippen molar-refractivity contribution in [3.63, 3.8) is 0 Å². The molecule has 9 heteroatoms. The predicted molar refractivity (Wildman–Crippen MR) is 123 cm³/mol. The lowest BCUT2D eigenvalue weighted by Gasteiger charge is -2.13. The third-order valence-electron chi connectivity index (χ3n) is 4.02. The number of hydrogen-bond donors (Lipinski definition) is 3. The minimum atomic E-state index is -0.449. The fourth-order valence-corrected chi connectivity index (χ4v) is 3.02. The molecule has 0 aromatic heterocycles. The fraction of sp³-hybridized carbons (Fsp3) is 0.286. The van der Waals surface area contributed by atoms with Crippen molar-refractivity contribution < 1.29 is 19.1 Å². The van der Waals surface area contributed by atoms with Crippen molar-refractivity contribution in [2.24, 2.45) is 5.92 Å². The first-order valence-corrected chi connectivity index (χ1v) is 10.5. The Morgan fingerprint density at radius 3 is 2.47 bits per heavy atom. The summed E-state index contributed by atoms with van der Waals surface area (Å²) in [6.07, 6.45) is 0.940. The zero-order valence-corrected chi connectivity index (χ0v) is 19.4. The van der Waals surface area contributed by atoms with Gasteiger partial charge in [-0.05, 0) is 70.8 Å². The number of methoxy groups -OCH3 is 1. The first-order chi connectivity index (χ1) is 14.3. The zero-order chi connectivity index (χ0) is 22.1. The van der Waals surface area contributed by atoms with Crippen molar-refractivity contribution in [2.45, 2.75) is 20.3 Å². The van der Waals surface area contributed by atoms with Crippen LogP contribution in [0.2, 0.25) is 0 Å². The zero-order valence-electron chi connectivity index (χ0n) is 17.0. The highest BCUT2D eigenvalue weighted by atomic mass is 79.9. The molecule has 7 nitrogen and oxygen atoms in total. The smallest absolute Gasteiger partial charge is 0.273 e. The van der Waals surface area contributed by atoms with Crippen LogP contribution in [0, 0.1) is 5.92 Å². The number of benzene rings is 2. The average molecular weight is 494 g/mol. The van der Waals surface area contributed by atoms with E-state index in [2.05, 4.69) is 45.9 Å². The van der Waals surface area contributed by atoms with Crippen LogP contribution in [0.25, 0.3) is 0 Å². The lowest BCUT2D eigenvalue weighted by molar-refractivity contribution is 0.0932. The molecule has 0 aliphatic rings. The van der Waals surface area contributed by atoms with Crippen molar-refractivity contribution in [3.05, 3.63) is 58.1 Å². The molecule has 0 aliphatic heterocycles. The Morgan fingerprint density at radius 2 is 1.80 bits per heavy atom. The second-order valence-corrected chi connectivity index (χ2v) is 8.00. The molecular weight excluding hydrogens is 470 g/mol. The van der Waals surface area contributed by atoms with Crippen LogP contribution >= 0.6 is 28.1 Å². The molecule has 2 amide bonds. The van der Waals surface area contributed by atoms with E-state index in [1.807, 2.05) is 0 Å². The lowest BCUT2D eigenvalue weighted by Crippen LogP contribution is -2.48. The van der Waals surface area contributed by atoms with Crippen molar-refractivity contribution in [3.8, 4) is 11.5 Å². The molecule has 0 aliphatic carbocycles. The Balaban J connectivity index is 1.88. The van der Waals surface area contributed by atoms with E-state index in [9.17, 15) is 9.59 Å². The maximum absolute atomic E-state index is 12.4. The van der Waals surface area contributed by atoms with E-state index in [1.54, 1.807) is 42.5 Å². The van der Waals surface area contributed by atoms with Gasteiger partial charge in [-0.2, -0.15) is 0 Å². The number of carbonyl (C=O) groups excluding carboxylic acids is 2. The van der Waals surface area contributed by atoms with E-state index >= 15 is 0 Å². The quantitative estimate of drug-likeness (QED) is 0.401. The number of halogens is 1. The van der Waals surface area contributed by atoms with Gasteiger partial charge in [0.1, 0.15) is 11.5 Å². The normalized spacial score (nSPS) is 10.3. The Hall–Kier alpha value is -2.65. The highest BCUT2D eigenvalue weighted by Crippen LogP contribution is 2.26. The number of para-hydroxylation sites is 1. The van der Waals surface area contributed by atoms with Crippen LogP contribution in [0.15, 0.2) is 46.9 Å². The maximum Gasteiger partial charge on any atom is 0.273 e. The fourth-order valence-electron chi connectivity index (χ4n) is 2.38. The van der Waals surface area contributed by atoms with Gasteiger partial charge in [0, 0.05) is 5.56 Å². The predicted octanol–water partition coefficient (Wildman–Crippen LogP) is 3.83. The second-order valence-electron chi connectivity index (χ2n) is 6.74. The average Bonchev–Trinajstić information content (AvgIpc) is 2.72. The van der Waals surface area contributed by atoms with Crippen LogP contribution in [0.5, 0.6) is 11.5 Å². The van der Waals surface area contributed by atoms with Gasteiger partial charge < -0.3 is 9.47 Å². The van der Waals surface area contributed by atoms with Gasteiger partial charge in [-0.15, -0.1) is 0 Å². The van der Waals surface area contributed by atoms with Crippen LogP contribution in [0.4, 0.5) is 0 Å². The molecule has 0 unspecified atom stereocenters. The van der Waals surface area contributed by atoms with E-state index in [4.69, 9.17) is 21.7 Å². The van der Waals surface area contributed by atoms with Gasteiger partial charge in [0.2, 0.25) is 0 Å². The largest absolute Gasteiger partial charge is 0.496 e. The molecule has 2 aromatic rings. The third kappa shape index (κ3) is 7.00. The van der Waals surface area contributed by atoms with Gasteiger partial charge >= 0.3 is 0 Å². The maximum atomic E-state index is 12.4. The summed E-state index contributed by atoms with van der Waals surface area (Å²) in [5, 5.41) is 2.47. The summed E-state index contributed by atoms with van der Waals surface area (Å²) in [7, 11) is 1.48. The molecule has 160 valence electrons. The summed E-state index contributed by atoms with van der Waals surface area (Å²) >= 11 is 8.49. The minimum absolute atomic E-state index is 0.0448. The summed E-state index contributed by atoms with van der Waals surface area (Å²) < 4.78 is 11.5. The second kappa shape index (κ2) is 11.5. The molecule has 0 heterocycles. The summed E-state index contributed by atoms with van der Waals surface area (Å²) in [5.74, 6) is 0.762. The van der Waals surface area contributed by atoms with E-state index in [0.717, 1.165) is 6.42 Å². The Kier molecular flexibility index (Phi) is 9.07. The number of hydrogen-bond acceptors (Lipinski definition) is 5. The van der Waals surface area contributed by atoms with Gasteiger partial charge in [0.05, 0.1) is 23.8 Å². The summed E-state index contributed by atoms with van der Waals surface area (Å²) in [5.41, 5.74) is 5.65. The molecule has 2 rings (SSSR count). The molecular formula is C21H24BrN3O4S. The monoisotopic (exact) mass is 493 g/mol. The molecule has 0 spiro atoms. The first kappa shape index (κ1) is 23.6.